The van der Waals surface area contributed by atoms with Gasteiger partial charge < -0.3 is 15.4 Å². The zero-order valence-electron chi connectivity index (χ0n) is 17.9. The quantitative estimate of drug-likeness (QED) is 0.713. The van der Waals surface area contributed by atoms with Gasteiger partial charge in [0.1, 0.15) is 5.75 Å². The molecule has 7 nitrogen and oxygen atoms in total. The Morgan fingerprint density at radius 2 is 1.70 bits per heavy atom. The monoisotopic (exact) mass is 437 g/mol. The molecule has 1 aromatic rings. The van der Waals surface area contributed by atoms with Crippen LogP contribution in [0.4, 0.5) is 4.79 Å². The molecule has 0 radical (unpaired) electrons. The van der Waals surface area contributed by atoms with E-state index in [4.69, 9.17) is 4.74 Å². The Balaban J connectivity index is 1.49. The van der Waals surface area contributed by atoms with E-state index < -0.39 is 10.0 Å². The molecule has 1 saturated carbocycles. The Hall–Kier alpha value is -1.80. The summed E-state index contributed by atoms with van der Waals surface area (Å²) < 4.78 is 32.6. The molecule has 2 aliphatic rings. The first kappa shape index (κ1) is 22.9. The Labute approximate surface area is 180 Å². The normalized spacial score (nSPS) is 22.0. The molecular formula is C22H35N3O4S. The fraction of sp³-hybridized carbons (Fsp3) is 0.682. The third kappa shape index (κ3) is 6.35. The standard InChI is InChI=1S/C22H35N3O4S/c1-29-20-11-13-21(14-12-20)30(27,28)25-15-7-8-18(17-25)16-23-22(26)24-19-9-5-3-2-4-6-10-19/h11-14,18-19H,2-10,15-17H2,1H3,(H2,23,24,26). The summed E-state index contributed by atoms with van der Waals surface area (Å²) >= 11 is 0. The first-order valence-corrected chi connectivity index (χ1v) is 12.6. The Morgan fingerprint density at radius 1 is 1.03 bits per heavy atom. The van der Waals surface area contributed by atoms with Crippen molar-refractivity contribution in [3.8, 4) is 5.75 Å². The van der Waals surface area contributed by atoms with Crippen molar-refractivity contribution in [2.24, 2.45) is 5.92 Å². The SMILES string of the molecule is COc1ccc(S(=O)(=O)N2CCCC(CNC(=O)NC3CCCCCCC3)C2)cc1. The van der Waals surface area contributed by atoms with Crippen LogP contribution in [0, 0.1) is 5.92 Å². The van der Waals surface area contributed by atoms with E-state index in [9.17, 15) is 13.2 Å². The van der Waals surface area contributed by atoms with Gasteiger partial charge in [-0.2, -0.15) is 4.31 Å². The first-order chi connectivity index (χ1) is 14.5. The van der Waals surface area contributed by atoms with E-state index >= 15 is 0 Å². The highest BCUT2D eigenvalue weighted by Crippen LogP contribution is 2.25. The molecule has 0 aromatic heterocycles. The molecular weight excluding hydrogens is 402 g/mol. The van der Waals surface area contributed by atoms with Gasteiger partial charge in [-0.05, 0) is 55.9 Å². The zero-order chi connectivity index (χ0) is 21.4. The highest BCUT2D eigenvalue weighted by molar-refractivity contribution is 7.89. The second kappa shape index (κ2) is 11.0. The van der Waals surface area contributed by atoms with Crippen molar-refractivity contribution in [1.82, 2.24) is 14.9 Å². The summed E-state index contributed by atoms with van der Waals surface area (Å²) in [5.41, 5.74) is 0. The maximum absolute atomic E-state index is 13.0. The average Bonchev–Trinajstić information content (AvgIpc) is 2.74. The van der Waals surface area contributed by atoms with Gasteiger partial charge in [0.15, 0.2) is 0 Å². The van der Waals surface area contributed by atoms with E-state index in [1.54, 1.807) is 31.4 Å². The number of amides is 2. The fourth-order valence-electron chi connectivity index (χ4n) is 4.38. The van der Waals surface area contributed by atoms with E-state index in [2.05, 4.69) is 10.6 Å². The van der Waals surface area contributed by atoms with E-state index in [-0.39, 0.29) is 22.9 Å². The van der Waals surface area contributed by atoms with Crippen LogP contribution in [-0.4, -0.2) is 51.5 Å². The lowest BCUT2D eigenvalue weighted by molar-refractivity contribution is 0.224. The molecule has 1 aliphatic heterocycles. The molecule has 168 valence electrons. The molecule has 1 aromatic carbocycles. The van der Waals surface area contributed by atoms with Crippen LogP contribution in [0.15, 0.2) is 29.2 Å². The summed E-state index contributed by atoms with van der Waals surface area (Å²) in [5, 5.41) is 6.09. The molecule has 2 fully saturated rings. The van der Waals surface area contributed by atoms with Crippen molar-refractivity contribution < 1.29 is 17.9 Å². The zero-order valence-corrected chi connectivity index (χ0v) is 18.8. The number of carbonyl (C=O) groups is 1. The summed E-state index contributed by atoms with van der Waals surface area (Å²) in [6.07, 6.45) is 9.95. The predicted octanol–water partition coefficient (Wildman–Crippen LogP) is 3.51. The number of benzene rings is 1. The number of nitrogens with zero attached hydrogens (tertiary/aromatic N) is 1. The smallest absolute Gasteiger partial charge is 0.315 e. The van der Waals surface area contributed by atoms with Crippen molar-refractivity contribution in [1.29, 1.82) is 0 Å². The molecule has 3 rings (SSSR count). The van der Waals surface area contributed by atoms with Crippen LogP contribution in [0.5, 0.6) is 5.75 Å². The number of hydrogen-bond acceptors (Lipinski definition) is 4. The van der Waals surface area contributed by atoms with Gasteiger partial charge in [-0.25, -0.2) is 13.2 Å². The van der Waals surface area contributed by atoms with Gasteiger partial charge in [-0.1, -0.05) is 32.1 Å². The van der Waals surface area contributed by atoms with Crippen molar-refractivity contribution in [3.05, 3.63) is 24.3 Å². The van der Waals surface area contributed by atoms with Crippen LogP contribution in [0.1, 0.15) is 57.8 Å². The second-order valence-electron chi connectivity index (χ2n) is 8.44. The van der Waals surface area contributed by atoms with E-state index in [0.717, 1.165) is 25.7 Å². The Bertz CT molecular complexity index is 774. The molecule has 30 heavy (non-hydrogen) atoms. The minimum Gasteiger partial charge on any atom is -0.497 e. The number of piperidine rings is 1. The first-order valence-electron chi connectivity index (χ1n) is 11.2. The second-order valence-corrected chi connectivity index (χ2v) is 10.4. The van der Waals surface area contributed by atoms with Gasteiger partial charge in [0.05, 0.1) is 12.0 Å². The van der Waals surface area contributed by atoms with E-state index in [1.165, 1.54) is 36.4 Å². The lowest BCUT2D eigenvalue weighted by Crippen LogP contribution is -2.47. The summed E-state index contributed by atoms with van der Waals surface area (Å²) in [6.45, 7) is 1.43. The largest absolute Gasteiger partial charge is 0.497 e. The van der Waals surface area contributed by atoms with Crippen LogP contribution >= 0.6 is 0 Å². The van der Waals surface area contributed by atoms with Gasteiger partial charge in [-0.15, -0.1) is 0 Å². The topological polar surface area (TPSA) is 87.7 Å². The number of carbonyl (C=O) groups excluding carboxylic acids is 1. The van der Waals surface area contributed by atoms with Crippen molar-refractivity contribution in [2.45, 2.75) is 68.7 Å². The van der Waals surface area contributed by atoms with Crippen LogP contribution in [-0.2, 0) is 10.0 Å². The fourth-order valence-corrected chi connectivity index (χ4v) is 5.94. The number of urea groups is 1. The molecule has 1 unspecified atom stereocenters. The molecule has 1 saturated heterocycles. The van der Waals surface area contributed by atoms with E-state index in [1.807, 2.05) is 0 Å². The molecule has 0 bridgehead atoms. The van der Waals surface area contributed by atoms with Crippen LogP contribution in [0.2, 0.25) is 0 Å². The maximum Gasteiger partial charge on any atom is 0.315 e. The van der Waals surface area contributed by atoms with Gasteiger partial charge in [0.2, 0.25) is 10.0 Å². The number of methoxy groups -OCH3 is 1. The Kier molecular flexibility index (Phi) is 8.39. The lowest BCUT2D eigenvalue weighted by atomic mass is 9.97. The number of ether oxygens (including phenoxy) is 1. The highest BCUT2D eigenvalue weighted by Gasteiger charge is 2.30. The molecule has 2 amide bonds. The molecule has 2 N–H and O–H groups in total. The van der Waals surface area contributed by atoms with Crippen LogP contribution in [0.25, 0.3) is 0 Å². The van der Waals surface area contributed by atoms with Gasteiger partial charge in [0, 0.05) is 25.7 Å². The number of hydrogen-bond donors (Lipinski definition) is 2. The van der Waals surface area contributed by atoms with Gasteiger partial charge in [-0.3, -0.25) is 0 Å². The minimum absolute atomic E-state index is 0.120. The summed E-state index contributed by atoms with van der Waals surface area (Å²) in [7, 11) is -1.98. The van der Waals surface area contributed by atoms with Crippen LogP contribution in [0.3, 0.4) is 0 Å². The summed E-state index contributed by atoms with van der Waals surface area (Å²) in [4.78, 5) is 12.6. The molecule has 1 heterocycles. The summed E-state index contributed by atoms with van der Waals surface area (Å²) in [6, 6.07) is 6.61. The van der Waals surface area contributed by atoms with Crippen molar-refractivity contribution >= 4 is 16.1 Å². The van der Waals surface area contributed by atoms with Gasteiger partial charge in [0.25, 0.3) is 0 Å². The summed E-state index contributed by atoms with van der Waals surface area (Å²) in [5.74, 6) is 0.750. The predicted molar refractivity (Wildman–Crippen MR) is 117 cm³/mol. The van der Waals surface area contributed by atoms with Crippen molar-refractivity contribution in [2.75, 3.05) is 26.7 Å². The lowest BCUT2D eigenvalue weighted by Gasteiger charge is -2.32. The molecule has 1 aliphatic carbocycles. The molecule has 0 spiro atoms. The third-order valence-corrected chi connectivity index (χ3v) is 8.05. The number of nitrogens with one attached hydrogen (secondary N) is 2. The third-order valence-electron chi connectivity index (χ3n) is 6.17. The van der Waals surface area contributed by atoms with Crippen molar-refractivity contribution in [3.63, 3.8) is 0 Å². The average molecular weight is 438 g/mol. The molecule has 1 atom stereocenters. The van der Waals surface area contributed by atoms with Crippen LogP contribution < -0.4 is 15.4 Å². The maximum atomic E-state index is 13.0. The molecule has 8 heteroatoms. The minimum atomic E-state index is -3.54. The number of rotatable bonds is 6. The van der Waals surface area contributed by atoms with Gasteiger partial charge >= 0.3 is 6.03 Å². The highest BCUT2D eigenvalue weighted by atomic mass is 32.2. The Morgan fingerprint density at radius 3 is 2.37 bits per heavy atom. The van der Waals surface area contributed by atoms with E-state index in [0.29, 0.717) is 25.4 Å². The number of sulfonamides is 1.